The number of nitrogens with one attached hydrogen (secondary N) is 2. The quantitative estimate of drug-likeness (QED) is 0.881. The summed E-state index contributed by atoms with van der Waals surface area (Å²) in [5.74, 6) is 0.896. The Hall–Kier alpha value is -0.550. The summed E-state index contributed by atoms with van der Waals surface area (Å²) in [6.07, 6.45) is 3.85. The SMILES string of the molecule is CCNC1C(Sc2n[nH]c(C)n2)CCCC1(C)C. The molecule has 18 heavy (non-hydrogen) atoms. The summed E-state index contributed by atoms with van der Waals surface area (Å²) >= 11 is 1.82. The van der Waals surface area contributed by atoms with Gasteiger partial charge in [0, 0.05) is 11.3 Å². The molecular weight excluding hydrogens is 244 g/mol. The fraction of sp³-hybridized carbons (Fsp3) is 0.846. The summed E-state index contributed by atoms with van der Waals surface area (Å²) in [6, 6.07) is 0.542. The van der Waals surface area contributed by atoms with Crippen LogP contribution < -0.4 is 5.32 Å². The molecule has 0 radical (unpaired) electrons. The maximum atomic E-state index is 4.42. The third-order valence-electron chi connectivity index (χ3n) is 3.78. The Kier molecular flexibility index (Phi) is 4.33. The molecule has 0 saturated heterocycles. The summed E-state index contributed by atoms with van der Waals surface area (Å²) in [7, 11) is 0. The fourth-order valence-electron chi connectivity index (χ4n) is 2.85. The molecule has 1 aliphatic rings. The van der Waals surface area contributed by atoms with Crippen LogP contribution >= 0.6 is 11.8 Å². The minimum absolute atomic E-state index is 0.358. The lowest BCUT2D eigenvalue weighted by molar-refractivity contribution is 0.176. The van der Waals surface area contributed by atoms with Gasteiger partial charge in [-0.1, -0.05) is 39.0 Å². The average Bonchev–Trinajstić information content (AvgIpc) is 2.69. The molecule has 0 spiro atoms. The van der Waals surface area contributed by atoms with Crippen molar-refractivity contribution in [3.63, 3.8) is 0 Å². The number of aromatic amines is 1. The second-order valence-corrected chi connectivity index (χ2v) is 6.98. The molecule has 2 rings (SSSR count). The predicted molar refractivity (Wildman–Crippen MR) is 75.9 cm³/mol. The van der Waals surface area contributed by atoms with Gasteiger partial charge in [0.25, 0.3) is 0 Å². The van der Waals surface area contributed by atoms with E-state index in [4.69, 9.17) is 0 Å². The van der Waals surface area contributed by atoms with E-state index in [1.165, 1.54) is 19.3 Å². The smallest absolute Gasteiger partial charge is 0.208 e. The number of rotatable bonds is 4. The van der Waals surface area contributed by atoms with Crippen molar-refractivity contribution in [3.8, 4) is 0 Å². The Labute approximate surface area is 114 Å². The second-order valence-electron chi connectivity index (χ2n) is 5.78. The second kappa shape index (κ2) is 5.61. The Balaban J connectivity index is 2.09. The van der Waals surface area contributed by atoms with Crippen LogP contribution in [-0.4, -0.2) is 33.0 Å². The molecule has 0 amide bonds. The summed E-state index contributed by atoms with van der Waals surface area (Å²) in [5.41, 5.74) is 0.358. The normalized spacial score (nSPS) is 27.3. The van der Waals surface area contributed by atoms with Gasteiger partial charge in [-0.25, -0.2) is 4.98 Å². The molecule has 1 aromatic rings. The van der Waals surface area contributed by atoms with Crippen molar-refractivity contribution in [2.45, 2.75) is 63.4 Å². The van der Waals surface area contributed by atoms with E-state index in [1.807, 2.05) is 18.7 Å². The summed E-state index contributed by atoms with van der Waals surface area (Å²) in [4.78, 5) is 4.42. The van der Waals surface area contributed by atoms with Gasteiger partial charge >= 0.3 is 0 Å². The highest BCUT2D eigenvalue weighted by molar-refractivity contribution is 7.99. The molecule has 1 aliphatic carbocycles. The summed E-state index contributed by atoms with van der Waals surface area (Å²) in [6.45, 7) is 9.90. The van der Waals surface area contributed by atoms with Crippen LogP contribution in [0.2, 0.25) is 0 Å². The number of aryl methyl sites for hydroxylation is 1. The van der Waals surface area contributed by atoms with Crippen molar-refractivity contribution in [1.82, 2.24) is 20.5 Å². The molecule has 2 unspecified atom stereocenters. The average molecular weight is 268 g/mol. The molecular formula is C13H24N4S. The Bertz CT molecular complexity index is 388. The Morgan fingerprint density at radius 3 is 2.89 bits per heavy atom. The highest BCUT2D eigenvalue weighted by Gasteiger charge is 2.39. The van der Waals surface area contributed by atoms with Crippen molar-refractivity contribution in [2.24, 2.45) is 5.41 Å². The maximum Gasteiger partial charge on any atom is 0.208 e. The number of hydrogen-bond donors (Lipinski definition) is 2. The van der Waals surface area contributed by atoms with Crippen LogP contribution in [0.1, 0.15) is 45.9 Å². The van der Waals surface area contributed by atoms with Crippen molar-refractivity contribution in [1.29, 1.82) is 0 Å². The molecule has 4 nitrogen and oxygen atoms in total. The van der Waals surface area contributed by atoms with E-state index in [2.05, 4.69) is 41.3 Å². The molecule has 0 aliphatic heterocycles. The number of nitrogens with zero attached hydrogens (tertiary/aromatic N) is 2. The minimum Gasteiger partial charge on any atom is -0.313 e. The lowest BCUT2D eigenvalue weighted by Gasteiger charge is -2.43. The van der Waals surface area contributed by atoms with Gasteiger partial charge in [0.1, 0.15) is 5.82 Å². The molecule has 1 aromatic heterocycles. The van der Waals surface area contributed by atoms with Crippen molar-refractivity contribution in [3.05, 3.63) is 5.82 Å². The lowest BCUT2D eigenvalue weighted by Crippen LogP contribution is -2.51. The summed E-state index contributed by atoms with van der Waals surface area (Å²) in [5, 5.41) is 12.3. The van der Waals surface area contributed by atoms with E-state index in [-0.39, 0.29) is 0 Å². The van der Waals surface area contributed by atoms with E-state index in [0.717, 1.165) is 17.5 Å². The largest absolute Gasteiger partial charge is 0.313 e. The predicted octanol–water partition coefficient (Wildman–Crippen LogP) is 2.76. The lowest BCUT2D eigenvalue weighted by atomic mass is 9.73. The zero-order valence-electron chi connectivity index (χ0n) is 11.8. The van der Waals surface area contributed by atoms with Crippen LogP contribution in [0.25, 0.3) is 0 Å². The molecule has 1 heterocycles. The van der Waals surface area contributed by atoms with Crippen LogP contribution in [-0.2, 0) is 0 Å². The van der Waals surface area contributed by atoms with Gasteiger partial charge < -0.3 is 5.32 Å². The van der Waals surface area contributed by atoms with Gasteiger partial charge in [-0.15, -0.1) is 5.10 Å². The van der Waals surface area contributed by atoms with E-state index in [1.54, 1.807) is 0 Å². The first kappa shape index (κ1) is 13.9. The molecule has 1 fully saturated rings. The Morgan fingerprint density at radius 1 is 1.50 bits per heavy atom. The van der Waals surface area contributed by atoms with E-state index >= 15 is 0 Å². The van der Waals surface area contributed by atoms with Gasteiger partial charge in [0.05, 0.1) is 0 Å². The van der Waals surface area contributed by atoms with Crippen LogP contribution in [0.15, 0.2) is 5.16 Å². The summed E-state index contributed by atoms with van der Waals surface area (Å²) < 4.78 is 0. The van der Waals surface area contributed by atoms with Gasteiger partial charge in [-0.05, 0) is 31.7 Å². The van der Waals surface area contributed by atoms with Crippen LogP contribution in [0.4, 0.5) is 0 Å². The van der Waals surface area contributed by atoms with Crippen molar-refractivity contribution < 1.29 is 0 Å². The van der Waals surface area contributed by atoms with Gasteiger partial charge in [-0.2, -0.15) is 0 Å². The van der Waals surface area contributed by atoms with Crippen LogP contribution in [0.3, 0.4) is 0 Å². The number of H-pyrrole nitrogens is 1. The number of thioether (sulfide) groups is 1. The molecule has 0 bridgehead atoms. The van der Waals surface area contributed by atoms with Crippen molar-refractivity contribution >= 4 is 11.8 Å². The first-order chi connectivity index (χ1) is 8.53. The van der Waals surface area contributed by atoms with Gasteiger partial charge in [-0.3, -0.25) is 5.10 Å². The standard InChI is InChI=1S/C13H24N4S/c1-5-14-11-10(7-6-8-13(11,3)4)18-12-15-9(2)16-17-12/h10-11,14H,5-8H2,1-4H3,(H,15,16,17). The van der Waals surface area contributed by atoms with E-state index in [9.17, 15) is 0 Å². The van der Waals surface area contributed by atoms with Crippen LogP contribution in [0.5, 0.6) is 0 Å². The highest BCUT2D eigenvalue weighted by atomic mass is 32.2. The molecule has 102 valence electrons. The van der Waals surface area contributed by atoms with Crippen molar-refractivity contribution in [2.75, 3.05) is 6.54 Å². The first-order valence-corrected chi connectivity index (χ1v) is 7.70. The van der Waals surface area contributed by atoms with E-state index < -0.39 is 0 Å². The van der Waals surface area contributed by atoms with E-state index in [0.29, 0.717) is 16.7 Å². The molecule has 2 atom stereocenters. The molecule has 5 heteroatoms. The first-order valence-electron chi connectivity index (χ1n) is 6.82. The third kappa shape index (κ3) is 3.06. The zero-order valence-corrected chi connectivity index (χ0v) is 12.6. The molecule has 1 saturated carbocycles. The Morgan fingerprint density at radius 2 is 2.28 bits per heavy atom. The van der Waals surface area contributed by atoms with Gasteiger partial charge in [0.15, 0.2) is 0 Å². The third-order valence-corrected chi connectivity index (χ3v) is 4.98. The maximum absolute atomic E-state index is 4.42. The number of hydrogen-bond acceptors (Lipinski definition) is 4. The monoisotopic (exact) mass is 268 g/mol. The number of aromatic nitrogens is 3. The molecule has 2 N–H and O–H groups in total. The molecule has 0 aromatic carbocycles. The van der Waals surface area contributed by atoms with Crippen LogP contribution in [0, 0.1) is 12.3 Å². The topological polar surface area (TPSA) is 53.6 Å². The van der Waals surface area contributed by atoms with Gasteiger partial charge in [0.2, 0.25) is 5.16 Å². The minimum atomic E-state index is 0.358. The zero-order chi connectivity index (χ0) is 13.2. The fourth-order valence-corrected chi connectivity index (χ4v) is 4.29. The highest BCUT2D eigenvalue weighted by Crippen LogP contribution is 2.42.